The molecule has 0 saturated carbocycles. The summed E-state index contributed by atoms with van der Waals surface area (Å²) in [6.45, 7) is 10.6. The zero-order chi connectivity index (χ0) is 14.2. The van der Waals surface area contributed by atoms with Crippen LogP contribution in [0.5, 0.6) is 0 Å². The van der Waals surface area contributed by atoms with Crippen LogP contribution in [0.3, 0.4) is 0 Å². The second-order valence-electron chi connectivity index (χ2n) is 6.53. The topological polar surface area (TPSA) is 32.9 Å². The SMILES string of the molecule is CCc1[nH]c2ccc(CC(C)(C)C)cc2c(=O)c1C. The van der Waals surface area contributed by atoms with Crippen molar-refractivity contribution in [2.24, 2.45) is 5.41 Å². The van der Waals surface area contributed by atoms with Gasteiger partial charge in [0.2, 0.25) is 0 Å². The van der Waals surface area contributed by atoms with E-state index in [1.807, 2.05) is 19.1 Å². The molecule has 0 fully saturated rings. The van der Waals surface area contributed by atoms with Crippen LogP contribution in [0.4, 0.5) is 0 Å². The monoisotopic (exact) mass is 257 g/mol. The molecule has 1 heterocycles. The van der Waals surface area contributed by atoms with Gasteiger partial charge >= 0.3 is 0 Å². The molecule has 2 aromatic rings. The molecule has 0 saturated heterocycles. The lowest BCUT2D eigenvalue weighted by Gasteiger charge is -2.18. The highest BCUT2D eigenvalue weighted by Gasteiger charge is 2.13. The van der Waals surface area contributed by atoms with Crippen molar-refractivity contribution >= 4 is 10.9 Å². The van der Waals surface area contributed by atoms with Crippen molar-refractivity contribution in [3.05, 3.63) is 45.2 Å². The number of rotatable bonds is 2. The van der Waals surface area contributed by atoms with Gasteiger partial charge in [0, 0.05) is 22.2 Å². The molecule has 0 unspecified atom stereocenters. The van der Waals surface area contributed by atoms with Gasteiger partial charge in [0.1, 0.15) is 0 Å². The van der Waals surface area contributed by atoms with Gasteiger partial charge in [0.05, 0.1) is 0 Å². The molecule has 0 aliphatic heterocycles. The normalized spacial score (nSPS) is 12.1. The van der Waals surface area contributed by atoms with Gasteiger partial charge in [0.25, 0.3) is 0 Å². The zero-order valence-electron chi connectivity index (χ0n) is 12.6. The van der Waals surface area contributed by atoms with Crippen LogP contribution in [-0.4, -0.2) is 4.98 Å². The van der Waals surface area contributed by atoms with Crippen LogP contribution >= 0.6 is 0 Å². The highest BCUT2D eigenvalue weighted by atomic mass is 16.1. The van der Waals surface area contributed by atoms with Crippen LogP contribution in [-0.2, 0) is 12.8 Å². The van der Waals surface area contributed by atoms with Crippen LogP contribution < -0.4 is 5.43 Å². The minimum Gasteiger partial charge on any atom is -0.358 e. The molecule has 2 rings (SSSR count). The van der Waals surface area contributed by atoms with Crippen molar-refractivity contribution < 1.29 is 0 Å². The first kappa shape index (κ1) is 13.9. The van der Waals surface area contributed by atoms with E-state index < -0.39 is 0 Å². The molecular formula is C17H23NO. The summed E-state index contributed by atoms with van der Waals surface area (Å²) in [7, 11) is 0. The summed E-state index contributed by atoms with van der Waals surface area (Å²) in [4.78, 5) is 15.8. The fourth-order valence-electron chi connectivity index (χ4n) is 2.56. The Labute approximate surface area is 114 Å². The van der Waals surface area contributed by atoms with Crippen LogP contribution in [0.1, 0.15) is 44.5 Å². The summed E-state index contributed by atoms with van der Waals surface area (Å²) in [6.07, 6.45) is 1.84. The molecule has 0 radical (unpaired) electrons. The van der Waals surface area contributed by atoms with Gasteiger partial charge in [-0.2, -0.15) is 0 Å². The third kappa shape index (κ3) is 2.89. The average Bonchev–Trinajstić information content (AvgIpc) is 2.32. The standard InChI is InChI=1S/C17H23NO/c1-6-14-11(2)16(19)13-9-12(10-17(3,4)5)7-8-15(13)18-14/h7-9H,6,10H2,1-5H3,(H,18,19). The summed E-state index contributed by atoms with van der Waals surface area (Å²) < 4.78 is 0. The molecule has 2 heteroatoms. The molecule has 0 atom stereocenters. The molecule has 0 spiro atoms. The number of aromatic amines is 1. The molecule has 0 aliphatic rings. The third-order valence-electron chi connectivity index (χ3n) is 3.50. The third-order valence-corrected chi connectivity index (χ3v) is 3.50. The van der Waals surface area contributed by atoms with E-state index in [0.29, 0.717) is 0 Å². The van der Waals surface area contributed by atoms with E-state index in [0.717, 1.165) is 35.0 Å². The largest absolute Gasteiger partial charge is 0.358 e. The first-order valence-corrected chi connectivity index (χ1v) is 6.96. The van der Waals surface area contributed by atoms with Crippen molar-refractivity contribution in [2.45, 2.75) is 47.5 Å². The Hall–Kier alpha value is -1.57. The average molecular weight is 257 g/mol. The maximum atomic E-state index is 12.4. The minimum absolute atomic E-state index is 0.168. The van der Waals surface area contributed by atoms with E-state index in [9.17, 15) is 4.79 Å². The van der Waals surface area contributed by atoms with Gasteiger partial charge in [-0.1, -0.05) is 33.8 Å². The Morgan fingerprint density at radius 3 is 2.47 bits per heavy atom. The summed E-state index contributed by atoms with van der Waals surface area (Å²) in [5.41, 5.74) is 4.48. The van der Waals surface area contributed by atoms with Crippen LogP contribution in [0.25, 0.3) is 10.9 Å². The van der Waals surface area contributed by atoms with Crippen LogP contribution in [0, 0.1) is 12.3 Å². The van der Waals surface area contributed by atoms with Gasteiger partial charge in [-0.3, -0.25) is 4.79 Å². The molecule has 1 N–H and O–H groups in total. The number of pyridine rings is 1. The lowest BCUT2D eigenvalue weighted by Crippen LogP contribution is -2.13. The number of H-pyrrole nitrogens is 1. The van der Waals surface area contributed by atoms with E-state index in [1.54, 1.807) is 0 Å². The Morgan fingerprint density at radius 1 is 1.21 bits per heavy atom. The first-order valence-electron chi connectivity index (χ1n) is 6.96. The van der Waals surface area contributed by atoms with E-state index >= 15 is 0 Å². The Kier molecular flexibility index (Phi) is 3.53. The maximum absolute atomic E-state index is 12.4. The van der Waals surface area contributed by atoms with E-state index in [4.69, 9.17) is 0 Å². The number of hydrogen-bond donors (Lipinski definition) is 1. The number of nitrogens with one attached hydrogen (secondary N) is 1. The number of fused-ring (bicyclic) bond motifs is 1. The van der Waals surface area contributed by atoms with Gasteiger partial charge in [-0.15, -0.1) is 0 Å². The van der Waals surface area contributed by atoms with Crippen LogP contribution in [0.2, 0.25) is 0 Å². The Bertz CT molecular complexity index is 659. The summed E-state index contributed by atoms with van der Waals surface area (Å²) in [5, 5.41) is 0.816. The number of aryl methyl sites for hydroxylation is 1. The first-order chi connectivity index (χ1) is 8.81. The molecule has 19 heavy (non-hydrogen) atoms. The summed E-state index contributed by atoms with van der Waals surface area (Å²) >= 11 is 0. The minimum atomic E-state index is 0.168. The molecular weight excluding hydrogens is 234 g/mol. The van der Waals surface area contributed by atoms with E-state index in [-0.39, 0.29) is 10.8 Å². The number of hydrogen-bond acceptors (Lipinski definition) is 1. The van der Waals surface area contributed by atoms with E-state index in [1.165, 1.54) is 5.56 Å². The quantitative estimate of drug-likeness (QED) is 0.867. The smallest absolute Gasteiger partial charge is 0.192 e. The second-order valence-corrected chi connectivity index (χ2v) is 6.53. The van der Waals surface area contributed by atoms with Crippen molar-refractivity contribution in [1.29, 1.82) is 0 Å². The van der Waals surface area contributed by atoms with Crippen molar-refractivity contribution in [3.8, 4) is 0 Å². The summed E-state index contributed by atoms with van der Waals surface area (Å²) in [6, 6.07) is 6.21. The van der Waals surface area contributed by atoms with Crippen molar-refractivity contribution in [3.63, 3.8) is 0 Å². The highest BCUT2D eigenvalue weighted by Crippen LogP contribution is 2.22. The zero-order valence-corrected chi connectivity index (χ0v) is 12.6. The molecule has 2 nitrogen and oxygen atoms in total. The lowest BCUT2D eigenvalue weighted by molar-refractivity contribution is 0.411. The predicted molar refractivity (Wildman–Crippen MR) is 81.8 cm³/mol. The molecule has 0 aliphatic carbocycles. The highest BCUT2D eigenvalue weighted by molar-refractivity contribution is 5.80. The van der Waals surface area contributed by atoms with E-state index in [2.05, 4.69) is 38.7 Å². The molecule has 0 amide bonds. The Morgan fingerprint density at radius 2 is 1.89 bits per heavy atom. The molecule has 102 valence electrons. The van der Waals surface area contributed by atoms with Crippen molar-refractivity contribution in [1.82, 2.24) is 4.98 Å². The summed E-state index contributed by atoms with van der Waals surface area (Å²) in [5.74, 6) is 0. The number of aromatic nitrogens is 1. The molecule has 1 aromatic carbocycles. The Balaban J connectivity index is 2.61. The molecule has 1 aromatic heterocycles. The fourth-order valence-corrected chi connectivity index (χ4v) is 2.56. The van der Waals surface area contributed by atoms with Gasteiger partial charge < -0.3 is 4.98 Å². The van der Waals surface area contributed by atoms with Gasteiger partial charge in [0.15, 0.2) is 5.43 Å². The number of benzene rings is 1. The lowest BCUT2D eigenvalue weighted by atomic mass is 9.87. The van der Waals surface area contributed by atoms with Gasteiger partial charge in [-0.05, 0) is 42.9 Å². The van der Waals surface area contributed by atoms with Crippen LogP contribution in [0.15, 0.2) is 23.0 Å². The second kappa shape index (κ2) is 4.84. The molecule has 0 bridgehead atoms. The predicted octanol–water partition coefficient (Wildman–Crippen LogP) is 3.99. The maximum Gasteiger partial charge on any atom is 0.192 e. The fraction of sp³-hybridized carbons (Fsp3) is 0.471. The van der Waals surface area contributed by atoms with Gasteiger partial charge in [-0.25, -0.2) is 0 Å². The van der Waals surface area contributed by atoms with Crippen molar-refractivity contribution in [2.75, 3.05) is 0 Å².